The van der Waals surface area contributed by atoms with Gasteiger partial charge in [0, 0.05) is 15.9 Å². The zero-order chi connectivity index (χ0) is 13.8. The summed E-state index contributed by atoms with van der Waals surface area (Å²) in [5, 5.41) is 0. The molecule has 1 aromatic rings. The lowest BCUT2D eigenvalue weighted by atomic mass is 10.2. The minimum Gasteiger partial charge on any atom is -0.459 e. The fourth-order valence-corrected chi connectivity index (χ4v) is 2.90. The van der Waals surface area contributed by atoms with E-state index in [4.69, 9.17) is 10.5 Å². The van der Waals surface area contributed by atoms with Gasteiger partial charge in [0.1, 0.15) is 5.60 Å². The van der Waals surface area contributed by atoms with Crippen molar-refractivity contribution in [3.8, 4) is 0 Å². The third-order valence-corrected chi connectivity index (χ3v) is 3.72. The molecule has 0 heterocycles. The summed E-state index contributed by atoms with van der Waals surface area (Å²) < 4.78 is 6.20. The number of thioether (sulfide) groups is 1. The zero-order valence-corrected chi connectivity index (χ0v) is 13.2. The van der Waals surface area contributed by atoms with Crippen LogP contribution in [0, 0.1) is 0 Å². The fraction of sp³-hybridized carbons (Fsp3) is 0.462. The van der Waals surface area contributed by atoms with Crippen LogP contribution in [0.2, 0.25) is 0 Å². The Morgan fingerprint density at radius 1 is 1.44 bits per heavy atom. The summed E-state index contributed by atoms with van der Waals surface area (Å²) in [4.78, 5) is 11.5. The molecular weight excluding hydrogens is 314 g/mol. The van der Waals surface area contributed by atoms with E-state index < -0.39 is 5.60 Å². The molecular formula is C13H18BrNO2S. The first-order valence-electron chi connectivity index (χ1n) is 5.62. The molecule has 0 aromatic heterocycles. The number of rotatable bonds is 4. The summed E-state index contributed by atoms with van der Waals surface area (Å²) in [5.41, 5.74) is 7.21. The van der Waals surface area contributed by atoms with Gasteiger partial charge in [-0.25, -0.2) is 0 Å². The van der Waals surface area contributed by atoms with Crippen molar-refractivity contribution in [2.75, 3.05) is 11.5 Å². The van der Waals surface area contributed by atoms with Crippen molar-refractivity contribution in [3.05, 3.63) is 28.2 Å². The first-order chi connectivity index (χ1) is 8.29. The van der Waals surface area contributed by atoms with Crippen LogP contribution in [0.5, 0.6) is 0 Å². The number of nitrogen functional groups attached to an aromatic ring is 1. The summed E-state index contributed by atoms with van der Waals surface area (Å²) in [6, 6.07) is 5.69. The predicted octanol–water partition coefficient (Wildman–Crippen LogP) is 3.61. The van der Waals surface area contributed by atoms with E-state index >= 15 is 0 Å². The zero-order valence-electron chi connectivity index (χ0n) is 10.8. The van der Waals surface area contributed by atoms with E-state index in [1.54, 1.807) is 0 Å². The van der Waals surface area contributed by atoms with Gasteiger partial charge in [-0.05, 0) is 38.5 Å². The van der Waals surface area contributed by atoms with Crippen LogP contribution in [0.25, 0.3) is 0 Å². The second-order valence-electron chi connectivity index (χ2n) is 4.89. The summed E-state index contributed by atoms with van der Waals surface area (Å²) in [7, 11) is 0. The highest BCUT2D eigenvalue weighted by Crippen LogP contribution is 2.27. The minimum absolute atomic E-state index is 0.196. The Balaban J connectivity index is 2.45. The molecule has 0 spiro atoms. The maximum Gasteiger partial charge on any atom is 0.316 e. The minimum atomic E-state index is -0.427. The third kappa shape index (κ3) is 5.31. The Morgan fingerprint density at radius 3 is 2.67 bits per heavy atom. The van der Waals surface area contributed by atoms with Crippen molar-refractivity contribution < 1.29 is 9.53 Å². The van der Waals surface area contributed by atoms with Crippen LogP contribution in [0.1, 0.15) is 26.3 Å². The molecule has 0 unspecified atom stereocenters. The number of nitrogens with two attached hydrogens (primary N) is 1. The van der Waals surface area contributed by atoms with E-state index in [1.165, 1.54) is 11.8 Å². The molecule has 5 heteroatoms. The normalized spacial score (nSPS) is 11.3. The van der Waals surface area contributed by atoms with Crippen molar-refractivity contribution in [1.82, 2.24) is 0 Å². The second kappa shape index (κ2) is 6.48. The van der Waals surface area contributed by atoms with Crippen LogP contribution in [0.3, 0.4) is 0 Å². The van der Waals surface area contributed by atoms with Gasteiger partial charge in [0.05, 0.1) is 5.75 Å². The molecule has 0 atom stereocenters. The molecule has 0 aliphatic rings. The van der Waals surface area contributed by atoms with E-state index in [0.717, 1.165) is 15.7 Å². The molecule has 0 fully saturated rings. The van der Waals surface area contributed by atoms with Crippen molar-refractivity contribution >= 4 is 39.3 Å². The van der Waals surface area contributed by atoms with Crippen molar-refractivity contribution in [2.45, 2.75) is 32.1 Å². The number of carbonyl (C=O) groups excluding carboxylic acids is 1. The van der Waals surface area contributed by atoms with E-state index in [2.05, 4.69) is 15.9 Å². The number of carbonyl (C=O) groups is 1. The maximum absolute atomic E-state index is 11.5. The number of benzene rings is 1. The average Bonchev–Trinajstić information content (AvgIpc) is 2.19. The average molecular weight is 332 g/mol. The first-order valence-corrected chi connectivity index (χ1v) is 7.57. The lowest BCUT2D eigenvalue weighted by Gasteiger charge is -2.19. The van der Waals surface area contributed by atoms with Gasteiger partial charge in [-0.3, -0.25) is 4.79 Å². The summed E-state index contributed by atoms with van der Waals surface area (Å²) >= 11 is 4.95. The largest absolute Gasteiger partial charge is 0.459 e. The Labute approximate surface area is 121 Å². The van der Waals surface area contributed by atoms with Crippen LogP contribution in [0.4, 0.5) is 5.69 Å². The standard InChI is InChI=1S/C13H18BrNO2S/c1-13(2,3)17-12(16)8-18-7-9-10(14)5-4-6-11(9)15/h4-6H,7-8,15H2,1-3H3. The van der Waals surface area contributed by atoms with Gasteiger partial charge in [0.25, 0.3) is 0 Å². The molecule has 2 N–H and O–H groups in total. The van der Waals surface area contributed by atoms with Gasteiger partial charge < -0.3 is 10.5 Å². The highest BCUT2D eigenvalue weighted by atomic mass is 79.9. The highest BCUT2D eigenvalue weighted by molar-refractivity contribution is 9.10. The first kappa shape index (κ1) is 15.4. The molecule has 1 aromatic carbocycles. The molecule has 0 aliphatic carbocycles. The smallest absolute Gasteiger partial charge is 0.316 e. The number of halogens is 1. The molecule has 0 saturated carbocycles. The lowest BCUT2D eigenvalue weighted by Crippen LogP contribution is -2.24. The second-order valence-corrected chi connectivity index (χ2v) is 6.73. The molecule has 18 heavy (non-hydrogen) atoms. The summed E-state index contributed by atoms with van der Waals surface area (Å²) in [6.45, 7) is 5.59. The monoisotopic (exact) mass is 331 g/mol. The van der Waals surface area contributed by atoms with Crippen LogP contribution in [0.15, 0.2) is 22.7 Å². The van der Waals surface area contributed by atoms with Crippen molar-refractivity contribution in [1.29, 1.82) is 0 Å². The van der Waals surface area contributed by atoms with E-state index in [-0.39, 0.29) is 5.97 Å². The van der Waals surface area contributed by atoms with E-state index in [9.17, 15) is 4.79 Å². The Kier molecular flexibility index (Phi) is 5.53. The van der Waals surface area contributed by atoms with Crippen LogP contribution in [-0.2, 0) is 15.3 Å². The molecule has 1 rings (SSSR count). The quantitative estimate of drug-likeness (QED) is 0.676. The van der Waals surface area contributed by atoms with Gasteiger partial charge in [0.2, 0.25) is 0 Å². The maximum atomic E-state index is 11.5. The van der Waals surface area contributed by atoms with Gasteiger partial charge in [-0.15, -0.1) is 11.8 Å². The predicted molar refractivity (Wildman–Crippen MR) is 80.6 cm³/mol. The highest BCUT2D eigenvalue weighted by Gasteiger charge is 2.16. The molecule has 0 saturated heterocycles. The number of ether oxygens (including phenoxy) is 1. The van der Waals surface area contributed by atoms with Crippen LogP contribution >= 0.6 is 27.7 Å². The molecule has 100 valence electrons. The topological polar surface area (TPSA) is 52.3 Å². The van der Waals surface area contributed by atoms with Gasteiger partial charge >= 0.3 is 5.97 Å². The van der Waals surface area contributed by atoms with Gasteiger partial charge in [-0.2, -0.15) is 0 Å². The van der Waals surface area contributed by atoms with Crippen LogP contribution < -0.4 is 5.73 Å². The molecule has 0 radical (unpaired) electrons. The Hall–Kier alpha value is -0.680. The Morgan fingerprint density at radius 2 is 2.11 bits per heavy atom. The molecule has 3 nitrogen and oxygen atoms in total. The van der Waals surface area contributed by atoms with E-state index in [1.807, 2.05) is 39.0 Å². The van der Waals surface area contributed by atoms with Crippen LogP contribution in [-0.4, -0.2) is 17.3 Å². The fourth-order valence-electron chi connectivity index (χ4n) is 1.34. The lowest BCUT2D eigenvalue weighted by molar-refractivity contribution is -0.151. The van der Waals surface area contributed by atoms with Gasteiger partial charge in [-0.1, -0.05) is 22.0 Å². The summed E-state index contributed by atoms with van der Waals surface area (Å²) in [5.74, 6) is 0.822. The number of hydrogen-bond donors (Lipinski definition) is 1. The number of hydrogen-bond acceptors (Lipinski definition) is 4. The Bertz CT molecular complexity index is 409. The SMILES string of the molecule is CC(C)(C)OC(=O)CSCc1c(N)cccc1Br. The molecule has 0 amide bonds. The summed E-state index contributed by atoms with van der Waals surface area (Å²) in [6.07, 6.45) is 0. The molecule has 0 aliphatic heterocycles. The van der Waals surface area contributed by atoms with Crippen molar-refractivity contribution in [3.63, 3.8) is 0 Å². The third-order valence-electron chi connectivity index (χ3n) is 2.04. The number of anilines is 1. The van der Waals surface area contributed by atoms with Gasteiger partial charge in [0.15, 0.2) is 0 Å². The van der Waals surface area contributed by atoms with Crippen molar-refractivity contribution in [2.24, 2.45) is 0 Å². The molecule has 0 bridgehead atoms. The van der Waals surface area contributed by atoms with E-state index in [0.29, 0.717) is 11.5 Å². The number of esters is 1.